The van der Waals surface area contributed by atoms with E-state index in [1.54, 1.807) is 12.1 Å². The van der Waals surface area contributed by atoms with Crippen LogP contribution in [0.4, 0.5) is 8.78 Å². The molecule has 0 spiro atoms. The van der Waals surface area contributed by atoms with Crippen molar-refractivity contribution in [1.29, 1.82) is 0 Å². The Labute approximate surface area is 153 Å². The molecule has 0 aromatic heterocycles. The first kappa shape index (κ1) is 17.9. The Kier molecular flexibility index (Phi) is 5.37. The van der Waals surface area contributed by atoms with E-state index in [2.05, 4.69) is 15.9 Å². The molecule has 2 aromatic rings. The Balaban J connectivity index is 1.70. The maximum atomic E-state index is 13.3. The molecular formula is C19H18BrF2NO2. The highest BCUT2D eigenvalue weighted by Crippen LogP contribution is 2.29. The topological polar surface area (TPSA) is 29.5 Å². The van der Waals surface area contributed by atoms with Crippen molar-refractivity contribution >= 4 is 21.8 Å². The Bertz CT molecular complexity index is 752. The normalized spacial score (nSPS) is 16.0. The summed E-state index contributed by atoms with van der Waals surface area (Å²) < 4.78 is 33.3. The van der Waals surface area contributed by atoms with Crippen molar-refractivity contribution in [3.63, 3.8) is 0 Å². The van der Waals surface area contributed by atoms with Crippen LogP contribution in [0.2, 0.25) is 0 Å². The second kappa shape index (κ2) is 7.52. The monoisotopic (exact) mass is 409 g/mol. The summed E-state index contributed by atoms with van der Waals surface area (Å²) in [6, 6.07) is 15.1. The quantitative estimate of drug-likeness (QED) is 0.730. The lowest BCUT2D eigenvalue weighted by Gasteiger charge is -2.18. The van der Waals surface area contributed by atoms with Gasteiger partial charge in [0.1, 0.15) is 12.4 Å². The lowest BCUT2D eigenvalue weighted by atomic mass is 10.1. The third-order valence-corrected chi connectivity index (χ3v) is 4.62. The van der Waals surface area contributed by atoms with Gasteiger partial charge in [0.2, 0.25) is 5.91 Å². The van der Waals surface area contributed by atoms with Crippen LogP contribution in [0.25, 0.3) is 0 Å². The van der Waals surface area contributed by atoms with Crippen LogP contribution in [-0.2, 0) is 17.8 Å². The lowest BCUT2D eigenvalue weighted by Crippen LogP contribution is -2.32. The number of hydrogen-bond donors (Lipinski definition) is 0. The van der Waals surface area contributed by atoms with Gasteiger partial charge in [0.05, 0.1) is 13.0 Å². The molecule has 25 heavy (non-hydrogen) atoms. The van der Waals surface area contributed by atoms with Crippen molar-refractivity contribution in [3.8, 4) is 5.75 Å². The molecule has 1 saturated heterocycles. The molecule has 1 aliphatic heterocycles. The molecule has 1 fully saturated rings. The average Bonchev–Trinajstić information content (AvgIpc) is 2.95. The number of halogens is 3. The van der Waals surface area contributed by atoms with E-state index in [-0.39, 0.29) is 25.3 Å². The average molecular weight is 410 g/mol. The van der Waals surface area contributed by atoms with Crippen LogP contribution in [0, 0.1) is 0 Å². The summed E-state index contributed by atoms with van der Waals surface area (Å²) in [5.41, 5.74) is 1.70. The second-order valence-corrected chi connectivity index (χ2v) is 7.04. The van der Waals surface area contributed by atoms with Gasteiger partial charge in [-0.15, -0.1) is 0 Å². The largest absolute Gasteiger partial charge is 0.489 e. The highest BCUT2D eigenvalue weighted by molar-refractivity contribution is 9.10. The van der Waals surface area contributed by atoms with E-state index in [4.69, 9.17) is 4.74 Å². The van der Waals surface area contributed by atoms with Gasteiger partial charge >= 0.3 is 0 Å². The molecular weight excluding hydrogens is 392 g/mol. The van der Waals surface area contributed by atoms with E-state index in [0.29, 0.717) is 17.9 Å². The van der Waals surface area contributed by atoms with E-state index in [9.17, 15) is 13.6 Å². The molecule has 0 unspecified atom stereocenters. The zero-order chi connectivity index (χ0) is 17.9. The predicted octanol–water partition coefficient (Wildman–Crippen LogP) is 4.44. The smallest absolute Gasteiger partial charge is 0.267 e. The molecule has 2 aromatic carbocycles. The molecule has 3 nitrogen and oxygen atoms in total. The fourth-order valence-electron chi connectivity index (χ4n) is 2.79. The number of carbonyl (C=O) groups excluding carboxylic acids is 1. The van der Waals surface area contributed by atoms with E-state index in [1.807, 2.05) is 36.4 Å². The Morgan fingerprint density at radius 2 is 1.96 bits per heavy atom. The van der Waals surface area contributed by atoms with Crippen LogP contribution < -0.4 is 4.74 Å². The zero-order valence-electron chi connectivity index (χ0n) is 13.6. The maximum absolute atomic E-state index is 13.3. The molecule has 132 valence electrons. The van der Waals surface area contributed by atoms with Gasteiger partial charge in [0.15, 0.2) is 0 Å². The standard InChI is InChI=1S/C19H18BrF2NO2/c20-16-6-7-17(25-12-14-4-2-1-3-5-14)15(10-16)11-18(24)23-9-8-19(21,22)13-23/h1-7,10H,8-9,11-13H2. The van der Waals surface area contributed by atoms with E-state index in [0.717, 1.165) is 10.0 Å². The molecule has 1 heterocycles. The van der Waals surface area contributed by atoms with E-state index >= 15 is 0 Å². The lowest BCUT2D eigenvalue weighted by molar-refractivity contribution is -0.130. The third-order valence-electron chi connectivity index (χ3n) is 4.12. The fraction of sp³-hybridized carbons (Fsp3) is 0.316. The molecule has 6 heteroatoms. The summed E-state index contributed by atoms with van der Waals surface area (Å²) in [5.74, 6) is -2.49. The Hall–Kier alpha value is -1.95. The highest BCUT2D eigenvalue weighted by atomic mass is 79.9. The highest BCUT2D eigenvalue weighted by Gasteiger charge is 2.40. The van der Waals surface area contributed by atoms with Crippen LogP contribution in [0.1, 0.15) is 17.5 Å². The van der Waals surface area contributed by atoms with Gasteiger partial charge in [-0.05, 0) is 23.8 Å². The molecule has 1 aliphatic rings. The minimum atomic E-state index is -2.78. The number of benzene rings is 2. The van der Waals surface area contributed by atoms with Gasteiger partial charge in [0, 0.05) is 23.0 Å². The molecule has 0 bridgehead atoms. The summed E-state index contributed by atoms with van der Waals surface area (Å²) in [7, 11) is 0. The molecule has 0 saturated carbocycles. The van der Waals surface area contributed by atoms with Crippen LogP contribution in [0.5, 0.6) is 5.75 Å². The number of rotatable bonds is 5. The number of nitrogens with zero attached hydrogens (tertiary/aromatic N) is 1. The minimum Gasteiger partial charge on any atom is -0.489 e. The molecule has 3 rings (SSSR count). The Morgan fingerprint density at radius 3 is 2.64 bits per heavy atom. The van der Waals surface area contributed by atoms with E-state index < -0.39 is 12.5 Å². The SMILES string of the molecule is O=C(Cc1cc(Br)ccc1OCc1ccccc1)N1CCC(F)(F)C1. The first-order valence-electron chi connectivity index (χ1n) is 8.04. The van der Waals surface area contributed by atoms with Gasteiger partial charge in [-0.1, -0.05) is 46.3 Å². The number of ether oxygens (including phenoxy) is 1. The molecule has 0 atom stereocenters. The van der Waals surface area contributed by atoms with Crippen LogP contribution in [0.3, 0.4) is 0 Å². The first-order chi connectivity index (χ1) is 11.9. The van der Waals surface area contributed by atoms with Crippen LogP contribution >= 0.6 is 15.9 Å². The number of amides is 1. The third kappa shape index (κ3) is 4.78. The van der Waals surface area contributed by atoms with Crippen molar-refractivity contribution in [2.24, 2.45) is 0 Å². The van der Waals surface area contributed by atoms with Gasteiger partial charge in [-0.25, -0.2) is 8.78 Å². The van der Waals surface area contributed by atoms with Crippen molar-refractivity contribution in [2.75, 3.05) is 13.1 Å². The molecule has 1 amide bonds. The summed E-state index contributed by atoms with van der Waals surface area (Å²) in [6.07, 6.45) is -0.228. The van der Waals surface area contributed by atoms with Gasteiger partial charge < -0.3 is 9.64 Å². The maximum Gasteiger partial charge on any atom is 0.267 e. The first-order valence-corrected chi connectivity index (χ1v) is 8.83. The predicted molar refractivity (Wildman–Crippen MR) is 94.8 cm³/mol. The summed E-state index contributed by atoms with van der Waals surface area (Å²) >= 11 is 3.38. The fourth-order valence-corrected chi connectivity index (χ4v) is 3.19. The number of alkyl halides is 2. The van der Waals surface area contributed by atoms with Crippen LogP contribution in [0.15, 0.2) is 53.0 Å². The van der Waals surface area contributed by atoms with Crippen LogP contribution in [-0.4, -0.2) is 29.8 Å². The van der Waals surface area contributed by atoms with E-state index in [1.165, 1.54) is 4.90 Å². The number of likely N-dealkylation sites (tertiary alicyclic amines) is 1. The van der Waals surface area contributed by atoms with Gasteiger partial charge in [-0.2, -0.15) is 0 Å². The van der Waals surface area contributed by atoms with Crippen molar-refractivity contribution < 1.29 is 18.3 Å². The van der Waals surface area contributed by atoms with Crippen molar-refractivity contribution in [3.05, 3.63) is 64.1 Å². The summed E-state index contributed by atoms with van der Waals surface area (Å²) in [5, 5.41) is 0. The number of hydrogen-bond acceptors (Lipinski definition) is 2. The molecule has 0 aliphatic carbocycles. The van der Waals surface area contributed by atoms with Crippen molar-refractivity contribution in [1.82, 2.24) is 4.90 Å². The summed E-state index contributed by atoms with van der Waals surface area (Å²) in [4.78, 5) is 13.6. The zero-order valence-corrected chi connectivity index (χ0v) is 15.1. The summed E-state index contributed by atoms with van der Waals surface area (Å²) in [6.45, 7) is -0.0223. The van der Waals surface area contributed by atoms with Gasteiger partial charge in [-0.3, -0.25) is 4.79 Å². The second-order valence-electron chi connectivity index (χ2n) is 6.12. The Morgan fingerprint density at radius 1 is 1.20 bits per heavy atom. The molecule has 0 N–H and O–H groups in total. The minimum absolute atomic E-state index is 0.0413. The van der Waals surface area contributed by atoms with Gasteiger partial charge in [0.25, 0.3) is 5.92 Å². The molecule has 0 radical (unpaired) electrons. The van der Waals surface area contributed by atoms with Crippen molar-refractivity contribution in [2.45, 2.75) is 25.4 Å². The number of carbonyl (C=O) groups is 1.